The molecule has 0 spiro atoms. The van der Waals surface area contributed by atoms with Gasteiger partial charge in [-0.2, -0.15) is 5.26 Å². The van der Waals surface area contributed by atoms with Gasteiger partial charge < -0.3 is 9.72 Å². The van der Waals surface area contributed by atoms with Crippen LogP contribution in [-0.4, -0.2) is 20.5 Å². The summed E-state index contributed by atoms with van der Waals surface area (Å²) in [5.41, 5.74) is 1.33. The first kappa shape index (κ1) is 18.5. The van der Waals surface area contributed by atoms with Crippen LogP contribution in [0, 0.1) is 17.1 Å². The highest BCUT2D eigenvalue weighted by molar-refractivity contribution is 7.92. The third kappa shape index (κ3) is 4.10. The van der Waals surface area contributed by atoms with Crippen molar-refractivity contribution in [3.8, 4) is 11.8 Å². The molecule has 0 radical (unpaired) electrons. The molecule has 0 unspecified atom stereocenters. The lowest BCUT2D eigenvalue weighted by molar-refractivity contribution is 0.414. The summed E-state index contributed by atoms with van der Waals surface area (Å²) >= 11 is 0. The second kappa shape index (κ2) is 7.51. The van der Waals surface area contributed by atoms with Crippen molar-refractivity contribution in [2.24, 2.45) is 0 Å². The Bertz CT molecular complexity index is 1100. The first-order valence-corrected chi connectivity index (χ1v) is 9.42. The molecule has 0 atom stereocenters. The number of anilines is 1. The number of sulfonamides is 1. The molecule has 0 amide bonds. The number of aromatic amines is 1. The zero-order valence-corrected chi connectivity index (χ0v) is 15.2. The molecular weight excluding hydrogens is 369 g/mol. The number of benzene rings is 2. The third-order valence-electron chi connectivity index (χ3n) is 3.97. The summed E-state index contributed by atoms with van der Waals surface area (Å²) in [6, 6.07) is 12.6. The maximum absolute atomic E-state index is 14.0. The molecule has 2 N–H and O–H groups in total. The predicted octanol–water partition coefficient (Wildman–Crippen LogP) is 3.43. The molecule has 0 aliphatic rings. The van der Waals surface area contributed by atoms with Crippen molar-refractivity contribution in [1.82, 2.24) is 4.98 Å². The van der Waals surface area contributed by atoms with Crippen LogP contribution in [0.4, 0.5) is 10.1 Å². The summed E-state index contributed by atoms with van der Waals surface area (Å²) < 4.78 is 46.8. The average Bonchev–Trinajstić information content (AvgIpc) is 3.13. The second-order valence-electron chi connectivity index (χ2n) is 5.78. The lowest BCUT2D eigenvalue weighted by Gasteiger charge is -2.10. The monoisotopic (exact) mass is 385 g/mol. The molecule has 0 saturated heterocycles. The first-order chi connectivity index (χ1) is 12.9. The van der Waals surface area contributed by atoms with Crippen molar-refractivity contribution in [2.75, 3.05) is 11.8 Å². The van der Waals surface area contributed by atoms with Crippen molar-refractivity contribution in [2.45, 2.75) is 11.3 Å². The molecule has 0 bridgehead atoms. The zero-order chi connectivity index (χ0) is 19.4. The summed E-state index contributed by atoms with van der Waals surface area (Å²) in [7, 11) is -2.44. The summed E-state index contributed by atoms with van der Waals surface area (Å²) in [5, 5.41) is 8.78. The number of ether oxygens (including phenoxy) is 1. The molecule has 0 saturated carbocycles. The number of nitrogens with one attached hydrogen (secondary N) is 2. The number of aromatic nitrogens is 1. The first-order valence-electron chi connectivity index (χ1n) is 7.94. The van der Waals surface area contributed by atoms with Crippen LogP contribution in [0.5, 0.6) is 5.75 Å². The van der Waals surface area contributed by atoms with Crippen LogP contribution >= 0.6 is 0 Å². The highest BCUT2D eigenvalue weighted by Crippen LogP contribution is 2.24. The van der Waals surface area contributed by atoms with Gasteiger partial charge in [-0.25, -0.2) is 12.8 Å². The van der Waals surface area contributed by atoms with E-state index in [1.54, 1.807) is 31.5 Å². The Morgan fingerprint density at radius 2 is 1.93 bits per heavy atom. The minimum absolute atomic E-state index is 0.0297. The Labute approximate surface area is 156 Å². The molecule has 1 heterocycles. The smallest absolute Gasteiger partial charge is 0.263 e. The maximum atomic E-state index is 14.0. The zero-order valence-electron chi connectivity index (χ0n) is 14.4. The third-order valence-corrected chi connectivity index (χ3v) is 5.42. The lowest BCUT2D eigenvalue weighted by atomic mass is 10.1. The van der Waals surface area contributed by atoms with Gasteiger partial charge in [0.25, 0.3) is 10.0 Å². The van der Waals surface area contributed by atoms with E-state index in [1.807, 2.05) is 12.1 Å². The molecule has 2 aromatic carbocycles. The van der Waals surface area contributed by atoms with Crippen LogP contribution in [0.25, 0.3) is 0 Å². The van der Waals surface area contributed by atoms with E-state index in [2.05, 4.69) is 9.71 Å². The fourth-order valence-electron chi connectivity index (χ4n) is 2.60. The average molecular weight is 385 g/mol. The van der Waals surface area contributed by atoms with E-state index < -0.39 is 15.8 Å². The van der Waals surface area contributed by atoms with Gasteiger partial charge >= 0.3 is 0 Å². The van der Waals surface area contributed by atoms with Gasteiger partial charge in [0.2, 0.25) is 0 Å². The normalized spacial score (nSPS) is 11.0. The highest BCUT2D eigenvalue weighted by Gasteiger charge is 2.21. The Hall–Kier alpha value is -3.31. The quantitative estimate of drug-likeness (QED) is 0.680. The number of rotatable bonds is 6. The molecule has 0 aliphatic carbocycles. The Morgan fingerprint density at radius 3 is 2.56 bits per heavy atom. The van der Waals surface area contributed by atoms with E-state index in [0.717, 1.165) is 11.6 Å². The molecule has 3 rings (SSSR count). The SMILES string of the molecule is COc1ccc(Cc2c[nH]cc2S(=O)(=O)Nc2ccc(C#N)cc2F)cc1. The van der Waals surface area contributed by atoms with Crippen molar-refractivity contribution < 1.29 is 17.5 Å². The van der Waals surface area contributed by atoms with Gasteiger partial charge in [-0.1, -0.05) is 12.1 Å². The Kier molecular flexibility index (Phi) is 5.14. The number of hydrogen-bond donors (Lipinski definition) is 2. The number of hydrogen-bond acceptors (Lipinski definition) is 4. The van der Waals surface area contributed by atoms with Gasteiger partial charge in [0.05, 0.1) is 24.4 Å². The van der Waals surface area contributed by atoms with E-state index in [-0.39, 0.29) is 16.1 Å². The summed E-state index contributed by atoms with van der Waals surface area (Å²) in [6.07, 6.45) is 3.32. The molecule has 6 nitrogen and oxygen atoms in total. The molecule has 0 fully saturated rings. The molecule has 0 aliphatic heterocycles. The van der Waals surface area contributed by atoms with E-state index >= 15 is 0 Å². The summed E-state index contributed by atoms with van der Waals surface area (Å²) in [5.74, 6) is -0.108. The Morgan fingerprint density at radius 1 is 1.19 bits per heavy atom. The maximum Gasteiger partial charge on any atom is 0.263 e. The van der Waals surface area contributed by atoms with E-state index in [0.29, 0.717) is 17.7 Å². The van der Waals surface area contributed by atoms with Gasteiger partial charge in [0.1, 0.15) is 16.5 Å². The van der Waals surface area contributed by atoms with Crippen LogP contribution in [-0.2, 0) is 16.4 Å². The van der Waals surface area contributed by atoms with Gasteiger partial charge in [-0.3, -0.25) is 4.72 Å². The fourth-order valence-corrected chi connectivity index (χ4v) is 3.87. The highest BCUT2D eigenvalue weighted by atomic mass is 32.2. The summed E-state index contributed by atoms with van der Waals surface area (Å²) in [6.45, 7) is 0. The number of nitriles is 1. The number of H-pyrrole nitrogens is 1. The lowest BCUT2D eigenvalue weighted by Crippen LogP contribution is -2.15. The molecule has 27 heavy (non-hydrogen) atoms. The predicted molar refractivity (Wildman–Crippen MR) is 98.5 cm³/mol. The number of methoxy groups -OCH3 is 1. The second-order valence-corrected chi connectivity index (χ2v) is 7.43. The van der Waals surface area contributed by atoms with E-state index in [9.17, 15) is 12.8 Å². The summed E-state index contributed by atoms with van der Waals surface area (Å²) in [4.78, 5) is 2.81. The van der Waals surface area contributed by atoms with Gasteiger partial charge in [0.15, 0.2) is 0 Å². The van der Waals surface area contributed by atoms with Crippen molar-refractivity contribution in [3.63, 3.8) is 0 Å². The molecular formula is C19H16FN3O3S. The van der Waals surface area contributed by atoms with Crippen molar-refractivity contribution >= 4 is 15.7 Å². The van der Waals surface area contributed by atoms with Crippen LogP contribution in [0.1, 0.15) is 16.7 Å². The standard InChI is InChI=1S/C19H16FN3O3S/c1-26-16-5-2-13(3-6-16)8-15-11-22-12-19(15)27(24,25)23-18-7-4-14(10-21)9-17(18)20/h2-7,9,11-12,22-23H,8H2,1H3. The largest absolute Gasteiger partial charge is 0.497 e. The minimum Gasteiger partial charge on any atom is -0.497 e. The molecule has 8 heteroatoms. The Balaban J connectivity index is 1.85. The molecule has 1 aromatic heterocycles. The van der Waals surface area contributed by atoms with Crippen LogP contribution in [0.2, 0.25) is 0 Å². The molecule has 3 aromatic rings. The van der Waals surface area contributed by atoms with Crippen LogP contribution in [0.3, 0.4) is 0 Å². The van der Waals surface area contributed by atoms with Gasteiger partial charge in [-0.15, -0.1) is 0 Å². The topological polar surface area (TPSA) is 95.0 Å². The van der Waals surface area contributed by atoms with Crippen molar-refractivity contribution in [1.29, 1.82) is 5.26 Å². The van der Waals surface area contributed by atoms with Crippen molar-refractivity contribution in [3.05, 3.63) is 77.4 Å². The number of nitrogens with zero attached hydrogens (tertiary/aromatic N) is 1. The molecule has 138 valence electrons. The van der Waals surface area contributed by atoms with Crippen LogP contribution < -0.4 is 9.46 Å². The van der Waals surface area contributed by atoms with Crippen LogP contribution in [0.15, 0.2) is 59.8 Å². The van der Waals surface area contributed by atoms with E-state index in [1.165, 1.54) is 18.3 Å². The number of halogens is 1. The van der Waals surface area contributed by atoms with Gasteiger partial charge in [0, 0.05) is 18.8 Å². The van der Waals surface area contributed by atoms with Gasteiger partial charge in [-0.05, 0) is 41.5 Å². The minimum atomic E-state index is -4.00. The fraction of sp³-hybridized carbons (Fsp3) is 0.105. The van der Waals surface area contributed by atoms with E-state index in [4.69, 9.17) is 10.00 Å².